The molecule has 0 saturated heterocycles. The number of nitrogens with one attached hydrogen (secondary N) is 1. The molecular formula is C15H27NO2. The lowest BCUT2D eigenvalue weighted by Gasteiger charge is -2.17. The molecule has 3 nitrogen and oxygen atoms in total. The van der Waals surface area contributed by atoms with Gasteiger partial charge >= 0.3 is 5.97 Å². The van der Waals surface area contributed by atoms with Gasteiger partial charge in [0.2, 0.25) is 0 Å². The van der Waals surface area contributed by atoms with Crippen LogP contribution in [0.5, 0.6) is 0 Å². The van der Waals surface area contributed by atoms with Crippen LogP contribution in [0, 0.1) is 5.41 Å². The smallest absolute Gasteiger partial charge is 0.333 e. The SMILES string of the molecule is C=C(C)C(=O)OCC(C)(C)C.C=CCNCC=C. The van der Waals surface area contributed by atoms with E-state index in [0.717, 1.165) is 13.1 Å². The lowest BCUT2D eigenvalue weighted by atomic mass is 9.99. The molecule has 18 heavy (non-hydrogen) atoms. The van der Waals surface area contributed by atoms with Gasteiger partial charge in [-0.1, -0.05) is 39.5 Å². The van der Waals surface area contributed by atoms with Crippen LogP contribution >= 0.6 is 0 Å². The second-order valence-electron chi connectivity index (χ2n) is 5.15. The van der Waals surface area contributed by atoms with Gasteiger partial charge < -0.3 is 10.1 Å². The number of hydrogen-bond donors (Lipinski definition) is 1. The van der Waals surface area contributed by atoms with Gasteiger partial charge in [0.25, 0.3) is 0 Å². The number of carbonyl (C=O) groups is 1. The third-order valence-electron chi connectivity index (χ3n) is 1.56. The van der Waals surface area contributed by atoms with E-state index in [-0.39, 0.29) is 11.4 Å². The topological polar surface area (TPSA) is 38.3 Å². The number of ether oxygens (including phenoxy) is 1. The Balaban J connectivity index is 0. The van der Waals surface area contributed by atoms with Gasteiger partial charge in [0.1, 0.15) is 0 Å². The molecule has 0 aliphatic heterocycles. The third kappa shape index (κ3) is 17.1. The molecule has 1 N–H and O–H groups in total. The van der Waals surface area contributed by atoms with Crippen LogP contribution in [-0.4, -0.2) is 25.7 Å². The molecule has 0 saturated carbocycles. The highest BCUT2D eigenvalue weighted by Gasteiger charge is 2.13. The number of rotatable bonds is 6. The van der Waals surface area contributed by atoms with Crippen molar-refractivity contribution in [1.29, 1.82) is 0 Å². The van der Waals surface area contributed by atoms with Gasteiger partial charge in [-0.25, -0.2) is 4.79 Å². The number of hydrogen-bond acceptors (Lipinski definition) is 3. The van der Waals surface area contributed by atoms with Crippen LogP contribution in [-0.2, 0) is 9.53 Å². The lowest BCUT2D eigenvalue weighted by molar-refractivity contribution is -0.141. The maximum absolute atomic E-state index is 10.9. The molecule has 0 unspecified atom stereocenters. The Morgan fingerprint density at radius 1 is 1.22 bits per heavy atom. The minimum Gasteiger partial charge on any atom is -0.462 e. The molecule has 0 aliphatic carbocycles. The molecule has 0 bridgehead atoms. The zero-order valence-corrected chi connectivity index (χ0v) is 12.2. The fraction of sp³-hybridized carbons (Fsp3) is 0.533. The Morgan fingerprint density at radius 3 is 1.94 bits per heavy atom. The van der Waals surface area contributed by atoms with Crippen LogP contribution in [0.4, 0.5) is 0 Å². The zero-order valence-electron chi connectivity index (χ0n) is 12.2. The minimum atomic E-state index is -0.306. The molecule has 0 spiro atoms. The molecule has 104 valence electrons. The standard InChI is InChI=1S/C9H16O2.C6H11N/c1-7(2)8(10)11-6-9(3,4)5;1-3-5-7-6-4-2/h1,6H2,2-5H3;3-4,7H,1-2,5-6H2. The van der Waals surface area contributed by atoms with Crippen molar-refractivity contribution >= 4 is 5.97 Å². The van der Waals surface area contributed by atoms with Crippen molar-refractivity contribution in [2.45, 2.75) is 27.7 Å². The Bertz CT molecular complexity index is 267. The molecule has 0 amide bonds. The summed E-state index contributed by atoms with van der Waals surface area (Å²) in [6.07, 6.45) is 3.65. The van der Waals surface area contributed by atoms with E-state index in [9.17, 15) is 4.79 Å². The van der Waals surface area contributed by atoms with Crippen LogP contribution in [0.2, 0.25) is 0 Å². The number of esters is 1. The van der Waals surface area contributed by atoms with Gasteiger partial charge in [-0.15, -0.1) is 13.2 Å². The quantitative estimate of drug-likeness (QED) is 0.342. The molecule has 0 aromatic heterocycles. The van der Waals surface area contributed by atoms with Crippen LogP contribution in [0.1, 0.15) is 27.7 Å². The molecule has 3 heteroatoms. The summed E-state index contributed by atoms with van der Waals surface area (Å²) in [7, 11) is 0. The number of carbonyl (C=O) groups excluding carboxylic acids is 1. The highest BCUT2D eigenvalue weighted by molar-refractivity contribution is 5.86. The maximum atomic E-state index is 10.9. The first kappa shape index (κ1) is 19.0. The highest BCUT2D eigenvalue weighted by Crippen LogP contribution is 2.13. The third-order valence-corrected chi connectivity index (χ3v) is 1.56. The normalized spacial score (nSPS) is 9.78. The average molecular weight is 253 g/mol. The molecule has 0 atom stereocenters. The van der Waals surface area contributed by atoms with E-state index in [0.29, 0.717) is 12.2 Å². The second kappa shape index (κ2) is 10.8. The molecule has 0 aromatic carbocycles. The Labute approximate surface area is 112 Å². The van der Waals surface area contributed by atoms with E-state index in [1.54, 1.807) is 6.92 Å². The Kier molecular flexibility index (Phi) is 11.4. The summed E-state index contributed by atoms with van der Waals surface area (Å²) in [5.41, 5.74) is 0.486. The molecule has 0 fully saturated rings. The summed E-state index contributed by atoms with van der Waals surface area (Å²) in [6, 6.07) is 0. The van der Waals surface area contributed by atoms with Gasteiger partial charge in [0, 0.05) is 18.7 Å². The van der Waals surface area contributed by atoms with Gasteiger partial charge in [0.15, 0.2) is 0 Å². The Hall–Kier alpha value is -1.35. The van der Waals surface area contributed by atoms with Crippen molar-refractivity contribution in [2.75, 3.05) is 19.7 Å². The Morgan fingerprint density at radius 2 is 1.67 bits per heavy atom. The average Bonchev–Trinajstić information content (AvgIpc) is 2.26. The lowest BCUT2D eigenvalue weighted by Crippen LogP contribution is -2.18. The predicted octanol–water partition coefficient (Wildman–Crippen LogP) is 3.10. The summed E-state index contributed by atoms with van der Waals surface area (Å²) < 4.78 is 4.93. The van der Waals surface area contributed by atoms with Crippen LogP contribution < -0.4 is 5.32 Å². The van der Waals surface area contributed by atoms with E-state index in [4.69, 9.17) is 4.74 Å². The van der Waals surface area contributed by atoms with Crippen molar-refractivity contribution in [3.63, 3.8) is 0 Å². The first-order valence-electron chi connectivity index (χ1n) is 5.99. The van der Waals surface area contributed by atoms with Gasteiger partial charge in [-0.05, 0) is 12.3 Å². The van der Waals surface area contributed by atoms with Crippen molar-refractivity contribution in [3.05, 3.63) is 37.5 Å². The summed E-state index contributed by atoms with van der Waals surface area (Å²) in [5.74, 6) is -0.306. The molecule has 0 aromatic rings. The zero-order chi connectivity index (χ0) is 14.6. The highest BCUT2D eigenvalue weighted by atomic mass is 16.5. The van der Waals surface area contributed by atoms with E-state index in [1.165, 1.54) is 0 Å². The summed E-state index contributed by atoms with van der Waals surface area (Å²) in [6.45, 7) is 20.4. The monoisotopic (exact) mass is 253 g/mol. The summed E-state index contributed by atoms with van der Waals surface area (Å²) in [4.78, 5) is 10.9. The first-order chi connectivity index (χ1) is 8.24. The fourth-order valence-corrected chi connectivity index (χ4v) is 0.693. The molecule has 0 radical (unpaired) electrons. The largest absolute Gasteiger partial charge is 0.462 e. The van der Waals surface area contributed by atoms with Crippen molar-refractivity contribution < 1.29 is 9.53 Å². The van der Waals surface area contributed by atoms with Crippen LogP contribution in [0.25, 0.3) is 0 Å². The second-order valence-corrected chi connectivity index (χ2v) is 5.15. The molecule has 0 aliphatic rings. The molecule has 0 heterocycles. The molecule has 0 rings (SSSR count). The van der Waals surface area contributed by atoms with Gasteiger partial charge in [-0.3, -0.25) is 0 Å². The van der Waals surface area contributed by atoms with Gasteiger partial charge in [-0.2, -0.15) is 0 Å². The van der Waals surface area contributed by atoms with Crippen molar-refractivity contribution in [3.8, 4) is 0 Å². The van der Waals surface area contributed by atoms with E-state index >= 15 is 0 Å². The molecular weight excluding hydrogens is 226 g/mol. The van der Waals surface area contributed by atoms with E-state index in [2.05, 4.69) is 25.1 Å². The fourth-order valence-electron chi connectivity index (χ4n) is 0.693. The van der Waals surface area contributed by atoms with Crippen molar-refractivity contribution in [2.24, 2.45) is 5.41 Å². The van der Waals surface area contributed by atoms with Crippen LogP contribution in [0.3, 0.4) is 0 Å². The summed E-state index contributed by atoms with van der Waals surface area (Å²) >= 11 is 0. The van der Waals surface area contributed by atoms with Crippen molar-refractivity contribution in [1.82, 2.24) is 5.32 Å². The van der Waals surface area contributed by atoms with Crippen LogP contribution in [0.15, 0.2) is 37.5 Å². The predicted molar refractivity (Wildman–Crippen MR) is 78.5 cm³/mol. The van der Waals surface area contributed by atoms with E-state index < -0.39 is 0 Å². The minimum absolute atomic E-state index is 0.0328. The first-order valence-corrected chi connectivity index (χ1v) is 5.99. The van der Waals surface area contributed by atoms with Gasteiger partial charge in [0.05, 0.1) is 6.61 Å². The summed E-state index contributed by atoms with van der Waals surface area (Å²) in [5, 5.41) is 3.05. The maximum Gasteiger partial charge on any atom is 0.333 e. The van der Waals surface area contributed by atoms with E-state index in [1.807, 2.05) is 32.9 Å².